The lowest BCUT2D eigenvalue weighted by Crippen LogP contribution is -2.47. The smallest absolute Gasteiger partial charge is 0.407 e. The number of rotatable bonds is 13. The van der Waals surface area contributed by atoms with E-state index in [4.69, 9.17) is 14.2 Å². The predicted molar refractivity (Wildman–Crippen MR) is 128 cm³/mol. The number of benzene rings is 2. The average Bonchev–Trinajstić information content (AvgIpc) is 2.82. The lowest BCUT2D eigenvalue weighted by molar-refractivity contribution is -0.123. The van der Waals surface area contributed by atoms with Gasteiger partial charge in [-0.25, -0.2) is 10.2 Å². The molecule has 178 valence electrons. The fourth-order valence-corrected chi connectivity index (χ4v) is 3.09. The van der Waals surface area contributed by atoms with Crippen LogP contribution in [0, 0.1) is 0 Å². The van der Waals surface area contributed by atoms with Gasteiger partial charge in [0.05, 0.1) is 26.5 Å². The number of alkyl carbamates (subject to hydrolysis) is 1. The highest BCUT2D eigenvalue weighted by Gasteiger charge is 2.21. The van der Waals surface area contributed by atoms with Gasteiger partial charge in [-0.05, 0) is 31.0 Å². The molecule has 0 aromatic heterocycles. The quantitative estimate of drug-likeness (QED) is 0.270. The Kier molecular flexibility index (Phi) is 11.3. The predicted octanol–water partition coefficient (Wildman–Crippen LogP) is 4.07. The van der Waals surface area contributed by atoms with Gasteiger partial charge < -0.3 is 19.5 Å². The van der Waals surface area contributed by atoms with Crippen molar-refractivity contribution >= 4 is 18.2 Å². The lowest BCUT2D eigenvalue weighted by atomic mass is 10.1. The Morgan fingerprint density at radius 2 is 1.85 bits per heavy atom. The highest BCUT2D eigenvalue weighted by molar-refractivity contribution is 5.89. The second kappa shape index (κ2) is 14.5. The first-order valence-electron chi connectivity index (χ1n) is 11.2. The number of amides is 2. The third-order valence-corrected chi connectivity index (χ3v) is 4.77. The first kappa shape index (κ1) is 25.7. The summed E-state index contributed by atoms with van der Waals surface area (Å²) in [6.45, 7) is 4.60. The average molecular weight is 456 g/mol. The van der Waals surface area contributed by atoms with Gasteiger partial charge in [-0.3, -0.25) is 4.79 Å². The van der Waals surface area contributed by atoms with Gasteiger partial charge >= 0.3 is 6.09 Å². The van der Waals surface area contributed by atoms with Crippen molar-refractivity contribution in [2.24, 2.45) is 5.10 Å². The molecule has 0 bridgehead atoms. The molecule has 0 saturated carbocycles. The van der Waals surface area contributed by atoms with Gasteiger partial charge in [0.25, 0.3) is 5.91 Å². The number of carbonyl (C=O) groups excluding carboxylic acids is 2. The summed E-state index contributed by atoms with van der Waals surface area (Å²) in [5.41, 5.74) is 4.07. The number of para-hydroxylation sites is 1. The maximum absolute atomic E-state index is 12.8. The third kappa shape index (κ3) is 8.84. The summed E-state index contributed by atoms with van der Waals surface area (Å²) in [5, 5.41) is 6.68. The molecule has 2 rings (SSSR count). The first-order chi connectivity index (χ1) is 16.1. The van der Waals surface area contributed by atoms with Crippen molar-refractivity contribution in [3.8, 4) is 11.5 Å². The summed E-state index contributed by atoms with van der Waals surface area (Å²) in [6, 6.07) is 14.0. The van der Waals surface area contributed by atoms with Gasteiger partial charge in [-0.2, -0.15) is 5.10 Å². The molecule has 8 heteroatoms. The van der Waals surface area contributed by atoms with Crippen molar-refractivity contribution < 1.29 is 23.8 Å². The van der Waals surface area contributed by atoms with E-state index in [1.54, 1.807) is 14.0 Å². The molecule has 33 heavy (non-hydrogen) atoms. The SMILES string of the molecule is CCCCCOc1c(/C=N\NC(=O)[C@@H](Cc2ccccc2)NC(=O)OCC)cccc1OC. The molecule has 0 aliphatic heterocycles. The molecule has 0 aliphatic carbocycles. The number of nitrogens with zero attached hydrogens (tertiary/aromatic N) is 1. The normalized spacial score (nSPS) is 11.6. The van der Waals surface area contributed by atoms with Gasteiger partial charge in [-0.15, -0.1) is 0 Å². The van der Waals surface area contributed by atoms with Gasteiger partial charge in [0.2, 0.25) is 0 Å². The van der Waals surface area contributed by atoms with Crippen molar-refractivity contribution in [3.63, 3.8) is 0 Å². The molecule has 0 radical (unpaired) electrons. The van der Waals surface area contributed by atoms with E-state index in [0.29, 0.717) is 30.1 Å². The van der Waals surface area contributed by atoms with Crippen LogP contribution in [0.4, 0.5) is 4.79 Å². The van der Waals surface area contributed by atoms with Crippen LogP contribution >= 0.6 is 0 Å². The highest BCUT2D eigenvalue weighted by Crippen LogP contribution is 2.30. The Morgan fingerprint density at radius 3 is 2.55 bits per heavy atom. The van der Waals surface area contributed by atoms with Gasteiger partial charge in [0.1, 0.15) is 6.04 Å². The van der Waals surface area contributed by atoms with Gasteiger partial charge in [0.15, 0.2) is 11.5 Å². The minimum atomic E-state index is -0.848. The molecule has 2 amide bonds. The van der Waals surface area contributed by atoms with E-state index in [0.717, 1.165) is 24.8 Å². The Morgan fingerprint density at radius 1 is 1.06 bits per heavy atom. The van der Waals surface area contributed by atoms with E-state index in [9.17, 15) is 9.59 Å². The molecular formula is C25H33N3O5. The van der Waals surface area contributed by atoms with Crippen LogP contribution in [0.3, 0.4) is 0 Å². The summed E-state index contributed by atoms with van der Waals surface area (Å²) in [4.78, 5) is 24.7. The second-order valence-electron chi connectivity index (χ2n) is 7.28. The van der Waals surface area contributed by atoms with Crippen LogP contribution in [0.1, 0.15) is 44.2 Å². The molecule has 2 aromatic carbocycles. The molecule has 8 nitrogen and oxygen atoms in total. The van der Waals surface area contributed by atoms with Gasteiger partial charge in [0, 0.05) is 12.0 Å². The minimum absolute atomic E-state index is 0.209. The molecule has 2 aromatic rings. The Bertz CT molecular complexity index is 902. The number of hydrogen-bond donors (Lipinski definition) is 2. The summed E-state index contributed by atoms with van der Waals surface area (Å²) < 4.78 is 16.3. The van der Waals surface area contributed by atoms with Crippen LogP contribution in [-0.2, 0) is 16.0 Å². The number of carbonyl (C=O) groups is 2. The van der Waals surface area contributed by atoms with Crippen LogP contribution in [0.25, 0.3) is 0 Å². The van der Waals surface area contributed by atoms with E-state index in [2.05, 4.69) is 22.8 Å². The first-order valence-corrected chi connectivity index (χ1v) is 11.2. The van der Waals surface area contributed by atoms with Crippen molar-refractivity contribution in [2.45, 2.75) is 45.6 Å². The minimum Gasteiger partial charge on any atom is -0.493 e. The molecule has 0 aliphatic rings. The molecule has 2 N–H and O–H groups in total. The molecule has 0 heterocycles. The number of methoxy groups -OCH3 is 1. The standard InChI is InChI=1S/C25H33N3O5/c1-4-6-10-16-33-23-20(14-11-15-22(23)31-3)18-26-28-24(29)21(27-25(30)32-5-2)17-19-12-8-7-9-13-19/h7-9,11-15,18,21H,4-6,10,16-17H2,1-3H3,(H,27,30)(H,28,29)/b26-18-/t21-/m1/s1. The number of unbranched alkanes of at least 4 members (excludes halogenated alkanes) is 2. The fourth-order valence-electron chi connectivity index (χ4n) is 3.09. The number of ether oxygens (including phenoxy) is 3. The van der Waals surface area contributed by atoms with Crippen LogP contribution in [0.5, 0.6) is 11.5 Å². The Labute approximate surface area is 195 Å². The monoisotopic (exact) mass is 455 g/mol. The van der Waals surface area contributed by atoms with Crippen molar-refractivity contribution in [3.05, 3.63) is 59.7 Å². The van der Waals surface area contributed by atoms with E-state index in [-0.39, 0.29) is 6.61 Å². The van der Waals surface area contributed by atoms with Crippen LogP contribution in [0.2, 0.25) is 0 Å². The van der Waals surface area contributed by atoms with Crippen LogP contribution < -0.4 is 20.2 Å². The lowest BCUT2D eigenvalue weighted by Gasteiger charge is -2.17. The molecule has 0 fully saturated rings. The van der Waals surface area contributed by atoms with Gasteiger partial charge in [-0.1, -0.05) is 56.2 Å². The number of nitrogens with one attached hydrogen (secondary N) is 2. The van der Waals surface area contributed by atoms with E-state index < -0.39 is 18.0 Å². The zero-order valence-corrected chi connectivity index (χ0v) is 19.5. The summed E-state index contributed by atoms with van der Waals surface area (Å²) in [5.74, 6) is 0.698. The zero-order valence-electron chi connectivity index (χ0n) is 19.5. The molecular weight excluding hydrogens is 422 g/mol. The molecule has 0 unspecified atom stereocenters. The maximum Gasteiger partial charge on any atom is 0.407 e. The highest BCUT2D eigenvalue weighted by atomic mass is 16.5. The maximum atomic E-state index is 12.8. The van der Waals surface area contributed by atoms with Crippen molar-refractivity contribution in [1.29, 1.82) is 0 Å². The largest absolute Gasteiger partial charge is 0.493 e. The topological polar surface area (TPSA) is 98.2 Å². The second-order valence-corrected chi connectivity index (χ2v) is 7.28. The molecule has 0 saturated heterocycles. The summed E-state index contributed by atoms with van der Waals surface area (Å²) >= 11 is 0. The van der Waals surface area contributed by atoms with Crippen LogP contribution in [0.15, 0.2) is 53.6 Å². The van der Waals surface area contributed by atoms with Crippen molar-refractivity contribution in [1.82, 2.24) is 10.7 Å². The van der Waals surface area contributed by atoms with E-state index in [1.165, 1.54) is 6.21 Å². The van der Waals surface area contributed by atoms with E-state index in [1.807, 2.05) is 48.5 Å². The number of hydrazone groups is 1. The van der Waals surface area contributed by atoms with Crippen molar-refractivity contribution in [2.75, 3.05) is 20.3 Å². The summed E-state index contributed by atoms with van der Waals surface area (Å²) in [6.07, 6.45) is 4.24. The fraction of sp³-hybridized carbons (Fsp3) is 0.400. The molecule has 0 spiro atoms. The van der Waals surface area contributed by atoms with E-state index >= 15 is 0 Å². The Balaban J connectivity index is 2.10. The number of hydrogen-bond acceptors (Lipinski definition) is 6. The summed E-state index contributed by atoms with van der Waals surface area (Å²) in [7, 11) is 1.58. The Hall–Kier alpha value is -3.55. The zero-order chi connectivity index (χ0) is 23.9. The third-order valence-electron chi connectivity index (χ3n) is 4.77. The van der Waals surface area contributed by atoms with Crippen LogP contribution in [-0.4, -0.2) is 44.6 Å². The molecule has 1 atom stereocenters.